The van der Waals surface area contributed by atoms with Crippen LogP contribution >= 0.6 is 0 Å². The first-order valence-electron chi connectivity index (χ1n) is 6.90. The molecule has 1 aromatic rings. The number of amides is 1. The molecule has 4 N–H and O–H groups in total. The third-order valence-electron chi connectivity index (χ3n) is 3.80. The molecular formula is C14H20N2O4S. The minimum absolute atomic E-state index is 0.0352. The highest BCUT2D eigenvalue weighted by molar-refractivity contribution is 7.89. The number of hydrogen-bond donors (Lipinski definition) is 3. The molecule has 0 aliphatic heterocycles. The predicted octanol–water partition coefficient (Wildman–Crippen LogP) is 0.676. The quantitative estimate of drug-likeness (QED) is 0.759. The summed E-state index contributed by atoms with van der Waals surface area (Å²) in [5.41, 5.74) is 6.09. The molecule has 1 amide bonds. The summed E-state index contributed by atoms with van der Waals surface area (Å²) < 4.78 is 27.3. The average molecular weight is 312 g/mol. The molecule has 1 fully saturated rings. The average Bonchev–Trinajstić information content (AvgIpc) is 2.41. The summed E-state index contributed by atoms with van der Waals surface area (Å²) in [4.78, 5) is 11.3. The highest BCUT2D eigenvalue weighted by Gasteiger charge is 2.25. The second kappa shape index (κ2) is 6.13. The van der Waals surface area contributed by atoms with Gasteiger partial charge in [-0.3, -0.25) is 4.79 Å². The second-order valence-electron chi connectivity index (χ2n) is 5.47. The standard InChI is InChI=1S/C14H20N2O4S/c1-9-2-7-12(8-13(9)14(15)18)21(19,20)16-10-3-5-11(17)6-4-10/h2,7-8,10-11,16-17H,3-6H2,1H3,(H2,15,18). The Balaban J connectivity index is 2.20. The summed E-state index contributed by atoms with van der Waals surface area (Å²) in [6.07, 6.45) is 2.05. The number of nitrogens with two attached hydrogens (primary N) is 1. The summed E-state index contributed by atoms with van der Waals surface area (Å²) in [5, 5.41) is 9.44. The van der Waals surface area contributed by atoms with Crippen LogP contribution in [0.3, 0.4) is 0 Å². The van der Waals surface area contributed by atoms with Crippen molar-refractivity contribution in [3.8, 4) is 0 Å². The molecular weight excluding hydrogens is 292 g/mol. The molecule has 0 atom stereocenters. The van der Waals surface area contributed by atoms with Crippen molar-refractivity contribution in [1.82, 2.24) is 4.72 Å². The van der Waals surface area contributed by atoms with E-state index in [9.17, 15) is 18.3 Å². The third kappa shape index (κ3) is 3.81. The fourth-order valence-electron chi connectivity index (χ4n) is 2.51. The van der Waals surface area contributed by atoms with E-state index < -0.39 is 15.9 Å². The van der Waals surface area contributed by atoms with E-state index in [0.29, 0.717) is 31.2 Å². The molecule has 0 unspecified atom stereocenters. The van der Waals surface area contributed by atoms with Gasteiger partial charge in [-0.1, -0.05) is 6.07 Å². The Kier molecular flexibility index (Phi) is 4.65. The van der Waals surface area contributed by atoms with Crippen molar-refractivity contribution in [3.63, 3.8) is 0 Å². The van der Waals surface area contributed by atoms with Crippen LogP contribution in [0.2, 0.25) is 0 Å². The number of carbonyl (C=O) groups is 1. The molecule has 1 aromatic carbocycles. The normalized spacial score (nSPS) is 23.0. The Bertz CT molecular complexity index is 634. The Hall–Kier alpha value is -1.44. The van der Waals surface area contributed by atoms with Gasteiger partial charge >= 0.3 is 0 Å². The van der Waals surface area contributed by atoms with Crippen molar-refractivity contribution in [3.05, 3.63) is 29.3 Å². The van der Waals surface area contributed by atoms with E-state index in [1.807, 2.05) is 0 Å². The van der Waals surface area contributed by atoms with Crippen molar-refractivity contribution >= 4 is 15.9 Å². The molecule has 0 aromatic heterocycles. The predicted molar refractivity (Wildman–Crippen MR) is 78.3 cm³/mol. The minimum Gasteiger partial charge on any atom is -0.393 e. The van der Waals surface area contributed by atoms with Crippen LogP contribution < -0.4 is 10.5 Å². The molecule has 0 spiro atoms. The maximum absolute atomic E-state index is 12.3. The fraction of sp³-hybridized carbons (Fsp3) is 0.500. The molecule has 6 nitrogen and oxygen atoms in total. The van der Waals surface area contributed by atoms with Gasteiger partial charge in [0.25, 0.3) is 0 Å². The van der Waals surface area contributed by atoms with Gasteiger partial charge in [-0.2, -0.15) is 0 Å². The topological polar surface area (TPSA) is 109 Å². The summed E-state index contributed by atoms with van der Waals surface area (Å²) in [6.45, 7) is 1.70. The van der Waals surface area contributed by atoms with Crippen LogP contribution in [-0.4, -0.2) is 31.6 Å². The zero-order valence-electron chi connectivity index (χ0n) is 11.9. The molecule has 1 saturated carbocycles. The van der Waals surface area contributed by atoms with Crippen molar-refractivity contribution in [1.29, 1.82) is 0 Å². The van der Waals surface area contributed by atoms with Crippen LogP contribution in [0, 0.1) is 6.92 Å². The SMILES string of the molecule is Cc1ccc(S(=O)(=O)NC2CCC(O)CC2)cc1C(N)=O. The number of carbonyl (C=O) groups excluding carboxylic acids is 1. The lowest BCUT2D eigenvalue weighted by Crippen LogP contribution is -2.38. The first-order valence-corrected chi connectivity index (χ1v) is 8.39. The summed E-state index contributed by atoms with van der Waals surface area (Å²) in [5.74, 6) is -0.648. The molecule has 116 valence electrons. The summed E-state index contributed by atoms with van der Waals surface area (Å²) >= 11 is 0. The Morgan fingerprint density at radius 2 is 1.90 bits per heavy atom. The highest BCUT2D eigenvalue weighted by atomic mass is 32.2. The Morgan fingerprint density at radius 1 is 1.29 bits per heavy atom. The van der Waals surface area contributed by atoms with E-state index in [1.165, 1.54) is 12.1 Å². The number of aryl methyl sites for hydroxylation is 1. The van der Waals surface area contributed by atoms with E-state index in [0.717, 1.165) is 0 Å². The highest BCUT2D eigenvalue weighted by Crippen LogP contribution is 2.21. The van der Waals surface area contributed by atoms with Gasteiger partial charge in [-0.15, -0.1) is 0 Å². The van der Waals surface area contributed by atoms with Crippen molar-refractivity contribution in [2.75, 3.05) is 0 Å². The van der Waals surface area contributed by atoms with Crippen molar-refractivity contribution in [2.24, 2.45) is 5.73 Å². The molecule has 2 rings (SSSR count). The molecule has 21 heavy (non-hydrogen) atoms. The van der Waals surface area contributed by atoms with E-state index in [4.69, 9.17) is 5.73 Å². The van der Waals surface area contributed by atoms with Gasteiger partial charge in [0.1, 0.15) is 0 Å². The van der Waals surface area contributed by atoms with E-state index >= 15 is 0 Å². The van der Waals surface area contributed by atoms with Gasteiger partial charge in [-0.05, 0) is 50.3 Å². The Morgan fingerprint density at radius 3 is 2.48 bits per heavy atom. The minimum atomic E-state index is -3.69. The third-order valence-corrected chi connectivity index (χ3v) is 5.32. The lowest BCUT2D eigenvalue weighted by Gasteiger charge is -2.26. The second-order valence-corrected chi connectivity index (χ2v) is 7.18. The number of rotatable bonds is 4. The molecule has 0 bridgehead atoms. The lowest BCUT2D eigenvalue weighted by atomic mass is 9.94. The largest absolute Gasteiger partial charge is 0.393 e. The number of sulfonamides is 1. The monoisotopic (exact) mass is 312 g/mol. The first-order chi connectivity index (χ1) is 9.79. The maximum Gasteiger partial charge on any atom is 0.249 e. The van der Waals surface area contributed by atoms with Crippen molar-refractivity contribution < 1.29 is 18.3 Å². The van der Waals surface area contributed by atoms with E-state index in [2.05, 4.69) is 4.72 Å². The van der Waals surface area contributed by atoms with Crippen LogP contribution in [0.15, 0.2) is 23.1 Å². The van der Waals surface area contributed by atoms with Crippen LogP contribution in [0.5, 0.6) is 0 Å². The van der Waals surface area contributed by atoms with Gasteiger partial charge in [0.15, 0.2) is 0 Å². The van der Waals surface area contributed by atoms with E-state index in [1.54, 1.807) is 13.0 Å². The lowest BCUT2D eigenvalue weighted by molar-refractivity contribution is 0.0999. The summed E-state index contributed by atoms with van der Waals surface area (Å²) in [6, 6.07) is 4.15. The van der Waals surface area contributed by atoms with Gasteiger partial charge in [0.05, 0.1) is 11.0 Å². The fourth-order valence-corrected chi connectivity index (χ4v) is 3.85. The molecule has 0 radical (unpaired) electrons. The smallest absolute Gasteiger partial charge is 0.249 e. The number of aliphatic hydroxyl groups is 1. The van der Waals surface area contributed by atoms with Gasteiger partial charge in [0.2, 0.25) is 15.9 Å². The van der Waals surface area contributed by atoms with Gasteiger partial charge in [-0.25, -0.2) is 13.1 Å². The van der Waals surface area contributed by atoms with Crippen LogP contribution in [0.25, 0.3) is 0 Å². The Labute approximate surface area is 124 Å². The number of aliphatic hydroxyl groups excluding tert-OH is 1. The number of benzene rings is 1. The van der Waals surface area contributed by atoms with Crippen LogP contribution in [0.4, 0.5) is 0 Å². The molecule has 1 aliphatic rings. The van der Waals surface area contributed by atoms with E-state index in [-0.39, 0.29) is 22.6 Å². The molecule has 1 aliphatic carbocycles. The van der Waals surface area contributed by atoms with Crippen LogP contribution in [0.1, 0.15) is 41.6 Å². The zero-order chi connectivity index (χ0) is 15.6. The molecule has 0 heterocycles. The van der Waals surface area contributed by atoms with Gasteiger partial charge < -0.3 is 10.8 Å². The maximum atomic E-state index is 12.3. The zero-order valence-corrected chi connectivity index (χ0v) is 12.7. The molecule has 0 saturated heterocycles. The number of nitrogens with one attached hydrogen (secondary N) is 1. The number of primary amides is 1. The summed E-state index contributed by atoms with van der Waals surface area (Å²) in [7, 11) is -3.69. The number of hydrogen-bond acceptors (Lipinski definition) is 4. The van der Waals surface area contributed by atoms with Crippen LogP contribution in [-0.2, 0) is 10.0 Å². The van der Waals surface area contributed by atoms with Gasteiger partial charge in [0, 0.05) is 11.6 Å². The van der Waals surface area contributed by atoms with Crippen molar-refractivity contribution in [2.45, 2.75) is 49.6 Å². The molecule has 7 heteroatoms. The first kappa shape index (κ1) is 15.9.